The van der Waals surface area contributed by atoms with Crippen LogP contribution in [0.1, 0.15) is 19.3 Å². The molecule has 1 aliphatic carbocycles. The number of rotatable bonds is 2. The van der Waals surface area contributed by atoms with Crippen LogP contribution in [0.4, 0.5) is 0 Å². The molecule has 38 valence electrons. The fourth-order valence-electron chi connectivity index (χ4n) is 0.604. The van der Waals surface area contributed by atoms with Gasteiger partial charge >= 0.3 is 0 Å². The van der Waals surface area contributed by atoms with Crippen molar-refractivity contribution in [2.75, 3.05) is 0 Å². The predicted molar refractivity (Wildman–Crippen MR) is 31.1 cm³/mol. The van der Waals surface area contributed by atoms with E-state index in [2.05, 4.69) is 12.3 Å². The molecule has 1 fully saturated rings. The number of allylic oxidation sites excluding steroid dienone is 1. The minimum absolute atomic E-state index is 0.995. The highest BCUT2D eigenvalue weighted by Gasteiger charge is 2.18. The molecule has 0 spiro atoms. The van der Waals surface area contributed by atoms with Crippen LogP contribution in [0.2, 0.25) is 0 Å². The van der Waals surface area contributed by atoms with E-state index in [0.29, 0.717) is 0 Å². The first-order valence-corrected chi connectivity index (χ1v) is 2.78. The molecule has 0 saturated heterocycles. The number of hydrogen-bond acceptors (Lipinski definition) is 0. The van der Waals surface area contributed by atoms with Gasteiger partial charge in [-0.3, -0.25) is 0 Å². The molecule has 0 unspecified atom stereocenters. The Bertz CT molecular complexity index is 92.6. The Hall–Kier alpha value is -0.480. The third-order valence-electron chi connectivity index (χ3n) is 1.29. The topological polar surface area (TPSA) is 0 Å². The first kappa shape index (κ1) is 4.67. The first-order valence-electron chi connectivity index (χ1n) is 2.78. The van der Waals surface area contributed by atoms with Crippen LogP contribution in [0, 0.1) is 5.92 Å². The molecule has 0 aliphatic heterocycles. The monoisotopic (exact) mass is 94.1 g/mol. The fraction of sp³-hybridized carbons (Fsp3) is 0.571. The van der Waals surface area contributed by atoms with Gasteiger partial charge < -0.3 is 0 Å². The van der Waals surface area contributed by atoms with Gasteiger partial charge in [0.2, 0.25) is 0 Å². The lowest BCUT2D eigenvalue weighted by molar-refractivity contribution is 0.864. The van der Waals surface area contributed by atoms with Crippen LogP contribution in [-0.4, -0.2) is 0 Å². The summed E-state index contributed by atoms with van der Waals surface area (Å²) in [6.07, 6.45) is 6.09. The highest BCUT2D eigenvalue weighted by molar-refractivity contribution is 4.85. The van der Waals surface area contributed by atoms with Gasteiger partial charge in [0.05, 0.1) is 0 Å². The van der Waals surface area contributed by atoms with Gasteiger partial charge in [-0.15, -0.1) is 5.73 Å². The van der Waals surface area contributed by atoms with Gasteiger partial charge in [-0.2, -0.15) is 0 Å². The Morgan fingerprint density at radius 1 is 1.71 bits per heavy atom. The van der Waals surface area contributed by atoms with Crippen LogP contribution in [-0.2, 0) is 0 Å². The maximum atomic E-state index is 3.48. The Kier molecular flexibility index (Phi) is 1.33. The summed E-state index contributed by atoms with van der Waals surface area (Å²) in [6, 6.07) is 0. The van der Waals surface area contributed by atoms with Crippen molar-refractivity contribution in [1.29, 1.82) is 0 Å². The van der Waals surface area contributed by atoms with Gasteiger partial charge in [0, 0.05) is 0 Å². The van der Waals surface area contributed by atoms with Crippen LogP contribution in [0.5, 0.6) is 0 Å². The van der Waals surface area contributed by atoms with Crippen molar-refractivity contribution in [1.82, 2.24) is 0 Å². The van der Waals surface area contributed by atoms with Gasteiger partial charge in [0.1, 0.15) is 0 Å². The van der Waals surface area contributed by atoms with E-state index in [-0.39, 0.29) is 0 Å². The SMILES string of the molecule is C=C=CCC1CC1. The van der Waals surface area contributed by atoms with Crippen molar-refractivity contribution >= 4 is 0 Å². The molecule has 0 aromatic heterocycles. The molecule has 0 bridgehead atoms. The Morgan fingerprint density at radius 3 is 2.86 bits per heavy atom. The minimum Gasteiger partial charge on any atom is -0.133 e. The standard InChI is InChI=1S/C7H10/c1-2-3-4-7-5-6-7/h3,7H,1,4-6H2. The highest BCUT2D eigenvalue weighted by Crippen LogP contribution is 2.32. The largest absolute Gasteiger partial charge is 0.133 e. The van der Waals surface area contributed by atoms with Crippen molar-refractivity contribution in [2.45, 2.75) is 19.3 Å². The van der Waals surface area contributed by atoms with Gasteiger partial charge in [-0.05, 0) is 31.3 Å². The van der Waals surface area contributed by atoms with E-state index in [1.807, 2.05) is 6.08 Å². The van der Waals surface area contributed by atoms with Crippen molar-refractivity contribution in [3.05, 3.63) is 18.4 Å². The molecule has 0 aromatic carbocycles. The first-order chi connectivity index (χ1) is 3.43. The predicted octanol–water partition coefficient (Wildman–Crippen LogP) is 2.13. The van der Waals surface area contributed by atoms with Crippen LogP contribution in [0.25, 0.3) is 0 Å². The van der Waals surface area contributed by atoms with Crippen LogP contribution < -0.4 is 0 Å². The maximum Gasteiger partial charge on any atom is -0.0246 e. The summed E-state index contributed by atoms with van der Waals surface area (Å²) < 4.78 is 0. The molecule has 1 rings (SSSR count). The van der Waals surface area contributed by atoms with Crippen LogP contribution >= 0.6 is 0 Å². The summed E-state index contributed by atoms with van der Waals surface area (Å²) in [5.41, 5.74) is 2.76. The molecule has 0 atom stereocenters. The van der Waals surface area contributed by atoms with E-state index >= 15 is 0 Å². The van der Waals surface area contributed by atoms with Crippen molar-refractivity contribution in [3.63, 3.8) is 0 Å². The molecular weight excluding hydrogens is 84.1 g/mol. The van der Waals surface area contributed by atoms with Crippen LogP contribution in [0.3, 0.4) is 0 Å². The van der Waals surface area contributed by atoms with Gasteiger partial charge in [0.25, 0.3) is 0 Å². The average Bonchev–Trinajstić information content (AvgIpc) is 2.42. The van der Waals surface area contributed by atoms with Gasteiger partial charge in [-0.25, -0.2) is 0 Å². The molecule has 0 heteroatoms. The van der Waals surface area contributed by atoms with Gasteiger partial charge in [0.15, 0.2) is 0 Å². The number of hydrogen-bond donors (Lipinski definition) is 0. The van der Waals surface area contributed by atoms with E-state index in [9.17, 15) is 0 Å². The average molecular weight is 94.2 g/mol. The molecule has 0 amide bonds. The summed E-state index contributed by atoms with van der Waals surface area (Å²) in [5.74, 6) is 0.995. The second-order valence-electron chi connectivity index (χ2n) is 2.09. The summed E-state index contributed by atoms with van der Waals surface area (Å²) in [7, 11) is 0. The van der Waals surface area contributed by atoms with E-state index in [1.54, 1.807) is 0 Å². The van der Waals surface area contributed by atoms with Crippen molar-refractivity contribution in [3.8, 4) is 0 Å². The molecular formula is C7H10. The second-order valence-corrected chi connectivity index (χ2v) is 2.09. The van der Waals surface area contributed by atoms with Crippen LogP contribution in [0.15, 0.2) is 18.4 Å². The summed E-state index contributed by atoms with van der Waals surface area (Å²) in [6.45, 7) is 3.48. The molecule has 7 heavy (non-hydrogen) atoms. The molecule has 0 radical (unpaired) electrons. The smallest absolute Gasteiger partial charge is 0.0246 e. The zero-order valence-electron chi connectivity index (χ0n) is 4.48. The molecule has 1 aliphatic rings. The Balaban J connectivity index is 2.09. The quantitative estimate of drug-likeness (QED) is 0.460. The lowest BCUT2D eigenvalue weighted by Gasteiger charge is -1.77. The third-order valence-corrected chi connectivity index (χ3v) is 1.29. The fourth-order valence-corrected chi connectivity index (χ4v) is 0.604. The van der Waals surface area contributed by atoms with E-state index in [1.165, 1.54) is 19.3 Å². The summed E-state index contributed by atoms with van der Waals surface area (Å²) in [5, 5.41) is 0. The maximum absolute atomic E-state index is 3.48. The van der Waals surface area contributed by atoms with E-state index in [0.717, 1.165) is 5.92 Å². The lowest BCUT2D eigenvalue weighted by Crippen LogP contribution is -1.63. The molecule has 0 heterocycles. The van der Waals surface area contributed by atoms with E-state index in [4.69, 9.17) is 0 Å². The Morgan fingerprint density at radius 2 is 2.43 bits per heavy atom. The minimum atomic E-state index is 0.995. The normalized spacial score (nSPS) is 18.3. The van der Waals surface area contributed by atoms with Crippen molar-refractivity contribution in [2.24, 2.45) is 5.92 Å². The zero-order chi connectivity index (χ0) is 5.11. The van der Waals surface area contributed by atoms with Crippen molar-refractivity contribution < 1.29 is 0 Å². The molecule has 0 aromatic rings. The second kappa shape index (κ2) is 1.99. The molecule has 0 nitrogen and oxygen atoms in total. The highest BCUT2D eigenvalue weighted by atomic mass is 14.2. The van der Waals surface area contributed by atoms with E-state index < -0.39 is 0 Å². The lowest BCUT2D eigenvalue weighted by atomic mass is 10.3. The van der Waals surface area contributed by atoms with Gasteiger partial charge in [-0.1, -0.05) is 6.58 Å². The summed E-state index contributed by atoms with van der Waals surface area (Å²) in [4.78, 5) is 0. The molecule has 0 N–H and O–H groups in total. The third kappa shape index (κ3) is 1.61. The molecule has 1 saturated carbocycles. The zero-order valence-corrected chi connectivity index (χ0v) is 4.48. The summed E-state index contributed by atoms with van der Waals surface area (Å²) >= 11 is 0. The Labute approximate surface area is 44.5 Å².